The molecule has 5 heteroatoms. The summed E-state index contributed by atoms with van der Waals surface area (Å²) in [4.78, 5) is 17.8. The van der Waals surface area contributed by atoms with Crippen LogP contribution in [0.2, 0.25) is 0 Å². The van der Waals surface area contributed by atoms with E-state index in [1.807, 2.05) is 0 Å². The lowest BCUT2D eigenvalue weighted by Gasteiger charge is -1.88. The Morgan fingerprint density at radius 2 is 2.31 bits per heavy atom. The van der Waals surface area contributed by atoms with Gasteiger partial charge in [-0.25, -0.2) is 9.78 Å². The average molecular weight is 194 g/mol. The summed E-state index contributed by atoms with van der Waals surface area (Å²) in [5.41, 5.74) is 1.32. The molecule has 0 saturated heterocycles. The Balaban J connectivity index is 2.68. The van der Waals surface area contributed by atoms with Gasteiger partial charge in [-0.05, 0) is 18.2 Å². The van der Waals surface area contributed by atoms with E-state index in [1.165, 1.54) is 0 Å². The van der Waals surface area contributed by atoms with Crippen molar-refractivity contribution in [2.75, 3.05) is 0 Å². The number of carboxylic acids is 1. The van der Waals surface area contributed by atoms with Crippen LogP contribution in [0.4, 0.5) is 0 Å². The molecule has 0 unspecified atom stereocenters. The fourth-order valence-electron chi connectivity index (χ4n) is 1.10. The number of imidazole rings is 1. The van der Waals surface area contributed by atoms with Crippen LogP contribution < -0.4 is 0 Å². The summed E-state index contributed by atoms with van der Waals surface area (Å²) in [5, 5.41) is 8.64. The molecule has 1 heterocycles. The van der Waals surface area contributed by atoms with Gasteiger partial charge in [0.05, 0.1) is 11.0 Å². The number of nitrogens with one attached hydrogen (secondary N) is 1. The van der Waals surface area contributed by atoms with Gasteiger partial charge >= 0.3 is 5.97 Å². The van der Waals surface area contributed by atoms with Crippen LogP contribution in [0, 0.1) is 0 Å². The quantitative estimate of drug-likeness (QED) is 0.603. The van der Waals surface area contributed by atoms with Crippen molar-refractivity contribution in [3.8, 4) is 0 Å². The highest BCUT2D eigenvalue weighted by Crippen LogP contribution is 2.15. The second kappa shape index (κ2) is 2.77. The van der Waals surface area contributed by atoms with E-state index in [0.29, 0.717) is 11.0 Å². The average Bonchev–Trinajstić information content (AvgIpc) is 2.46. The Bertz CT molecular complexity index is 478. The molecule has 0 fully saturated rings. The molecule has 0 saturated carbocycles. The van der Waals surface area contributed by atoms with Gasteiger partial charge in [0.25, 0.3) is 0 Å². The molecule has 0 bridgehead atoms. The van der Waals surface area contributed by atoms with Crippen molar-refractivity contribution in [3.63, 3.8) is 0 Å². The first-order chi connectivity index (χ1) is 6.16. The molecule has 66 valence electrons. The molecule has 0 amide bonds. The summed E-state index contributed by atoms with van der Waals surface area (Å²) in [6.45, 7) is 0. The number of benzene rings is 1. The Morgan fingerprint density at radius 3 is 3.00 bits per heavy atom. The van der Waals surface area contributed by atoms with Crippen LogP contribution in [0.25, 0.3) is 11.0 Å². The van der Waals surface area contributed by atoms with Crippen molar-refractivity contribution in [1.82, 2.24) is 9.97 Å². The van der Waals surface area contributed by atoms with E-state index in [-0.39, 0.29) is 5.82 Å². The first kappa shape index (κ1) is 8.12. The van der Waals surface area contributed by atoms with Gasteiger partial charge in [-0.1, -0.05) is 0 Å². The number of aromatic carboxylic acids is 1. The van der Waals surface area contributed by atoms with E-state index in [0.717, 1.165) is 4.90 Å². The summed E-state index contributed by atoms with van der Waals surface area (Å²) < 4.78 is 0. The molecule has 2 rings (SSSR count). The highest BCUT2D eigenvalue weighted by molar-refractivity contribution is 7.80. The van der Waals surface area contributed by atoms with E-state index < -0.39 is 5.97 Å². The Labute approximate surface area is 79.0 Å². The van der Waals surface area contributed by atoms with Crippen LogP contribution >= 0.6 is 12.6 Å². The van der Waals surface area contributed by atoms with Gasteiger partial charge in [-0.2, -0.15) is 0 Å². The van der Waals surface area contributed by atoms with Gasteiger partial charge in [-0.3, -0.25) is 0 Å². The van der Waals surface area contributed by atoms with Gasteiger partial charge in [-0.15, -0.1) is 12.6 Å². The molecule has 0 radical (unpaired) electrons. The highest BCUT2D eigenvalue weighted by Gasteiger charge is 2.08. The number of carbonyl (C=O) groups is 1. The fraction of sp³-hybridized carbons (Fsp3) is 0. The number of H-pyrrole nitrogens is 1. The fourth-order valence-corrected chi connectivity index (χ4v) is 1.29. The van der Waals surface area contributed by atoms with Gasteiger partial charge in [0.15, 0.2) is 0 Å². The first-order valence-corrected chi connectivity index (χ1v) is 4.03. The van der Waals surface area contributed by atoms with Crippen molar-refractivity contribution in [3.05, 3.63) is 24.0 Å². The zero-order valence-electron chi connectivity index (χ0n) is 6.48. The number of carboxylic acid groups (broad SMARTS) is 1. The minimum Gasteiger partial charge on any atom is -0.475 e. The van der Waals surface area contributed by atoms with E-state index in [4.69, 9.17) is 5.11 Å². The summed E-state index contributed by atoms with van der Waals surface area (Å²) in [7, 11) is 0. The Kier molecular flexibility index (Phi) is 1.73. The molecule has 0 atom stereocenters. The molecule has 2 N–H and O–H groups in total. The van der Waals surface area contributed by atoms with Crippen molar-refractivity contribution in [2.24, 2.45) is 0 Å². The number of aromatic amines is 1. The topological polar surface area (TPSA) is 66.0 Å². The Morgan fingerprint density at radius 1 is 1.54 bits per heavy atom. The van der Waals surface area contributed by atoms with Crippen LogP contribution in [0.15, 0.2) is 23.1 Å². The summed E-state index contributed by atoms with van der Waals surface area (Å²) in [5.74, 6) is -1.11. The molecule has 1 aromatic heterocycles. The third-order valence-corrected chi connectivity index (χ3v) is 1.95. The number of hydrogen-bond acceptors (Lipinski definition) is 3. The van der Waals surface area contributed by atoms with Crippen LogP contribution in [-0.2, 0) is 0 Å². The maximum atomic E-state index is 10.5. The number of thiol groups is 1. The van der Waals surface area contributed by atoms with E-state index >= 15 is 0 Å². The van der Waals surface area contributed by atoms with Crippen LogP contribution in [0.1, 0.15) is 10.6 Å². The van der Waals surface area contributed by atoms with Crippen molar-refractivity contribution in [1.29, 1.82) is 0 Å². The normalized spacial score (nSPS) is 10.5. The summed E-state index contributed by atoms with van der Waals surface area (Å²) >= 11 is 4.12. The van der Waals surface area contributed by atoms with Crippen LogP contribution in [-0.4, -0.2) is 21.0 Å². The predicted molar refractivity (Wildman–Crippen MR) is 50.3 cm³/mol. The van der Waals surface area contributed by atoms with Crippen molar-refractivity contribution < 1.29 is 9.90 Å². The molecular weight excluding hydrogens is 188 g/mol. The zero-order chi connectivity index (χ0) is 9.42. The molecule has 4 nitrogen and oxygen atoms in total. The SMILES string of the molecule is O=C(O)c1nc2cc(S)ccc2[nH]1. The maximum Gasteiger partial charge on any atom is 0.371 e. The third kappa shape index (κ3) is 1.38. The smallest absolute Gasteiger partial charge is 0.371 e. The van der Waals surface area contributed by atoms with Gasteiger partial charge in [0.1, 0.15) is 0 Å². The molecule has 1 aromatic carbocycles. The summed E-state index contributed by atoms with van der Waals surface area (Å²) in [6.07, 6.45) is 0. The molecule has 0 spiro atoms. The van der Waals surface area contributed by atoms with Gasteiger partial charge in [0, 0.05) is 4.90 Å². The minimum atomic E-state index is -1.06. The number of hydrogen-bond donors (Lipinski definition) is 3. The standard InChI is InChI=1S/C8H6N2O2S/c11-8(12)7-9-5-2-1-4(13)3-6(5)10-7/h1-3,13H,(H,9,10)(H,11,12). The van der Waals surface area contributed by atoms with E-state index in [9.17, 15) is 4.79 Å². The largest absolute Gasteiger partial charge is 0.475 e. The number of fused-ring (bicyclic) bond motifs is 1. The summed E-state index contributed by atoms with van der Waals surface area (Å²) in [6, 6.07) is 5.23. The molecule has 13 heavy (non-hydrogen) atoms. The molecule has 0 aliphatic carbocycles. The van der Waals surface area contributed by atoms with Gasteiger partial charge < -0.3 is 10.1 Å². The van der Waals surface area contributed by atoms with E-state index in [2.05, 4.69) is 22.6 Å². The predicted octanol–water partition coefficient (Wildman–Crippen LogP) is 1.55. The first-order valence-electron chi connectivity index (χ1n) is 3.59. The van der Waals surface area contributed by atoms with E-state index in [1.54, 1.807) is 18.2 Å². The van der Waals surface area contributed by atoms with Gasteiger partial charge in [0.2, 0.25) is 5.82 Å². The monoisotopic (exact) mass is 194 g/mol. The lowest BCUT2D eigenvalue weighted by Crippen LogP contribution is -1.97. The Hall–Kier alpha value is -1.49. The molecule has 0 aliphatic heterocycles. The second-order valence-electron chi connectivity index (χ2n) is 2.59. The zero-order valence-corrected chi connectivity index (χ0v) is 7.38. The van der Waals surface area contributed by atoms with Crippen molar-refractivity contribution in [2.45, 2.75) is 4.90 Å². The molecular formula is C8H6N2O2S. The number of aromatic nitrogens is 2. The second-order valence-corrected chi connectivity index (χ2v) is 3.11. The minimum absolute atomic E-state index is 0.0473. The van der Waals surface area contributed by atoms with Crippen LogP contribution in [0.5, 0.6) is 0 Å². The molecule has 0 aliphatic rings. The lowest BCUT2D eigenvalue weighted by atomic mass is 10.3. The number of rotatable bonds is 1. The highest BCUT2D eigenvalue weighted by atomic mass is 32.1. The number of nitrogens with zero attached hydrogens (tertiary/aromatic N) is 1. The van der Waals surface area contributed by atoms with Crippen LogP contribution in [0.3, 0.4) is 0 Å². The lowest BCUT2D eigenvalue weighted by molar-refractivity contribution is 0.0685. The maximum absolute atomic E-state index is 10.5. The molecule has 2 aromatic rings. The third-order valence-electron chi connectivity index (χ3n) is 1.67. The van der Waals surface area contributed by atoms with Crippen molar-refractivity contribution >= 4 is 29.6 Å².